The Hall–Kier alpha value is -2.83. The molecule has 134 valence electrons. The second kappa shape index (κ2) is 8.86. The molecule has 0 atom stereocenters. The van der Waals surface area contributed by atoms with Gasteiger partial charge in [-0.15, -0.1) is 0 Å². The lowest BCUT2D eigenvalue weighted by molar-refractivity contribution is 0.0911. The molecule has 0 unspecified atom stereocenters. The number of ether oxygens (including phenoxy) is 1. The maximum absolute atomic E-state index is 12.4. The minimum absolute atomic E-state index is 0.0984. The second-order valence-corrected chi connectivity index (χ2v) is 6.06. The lowest BCUT2D eigenvalue weighted by Crippen LogP contribution is -2.30. The van der Waals surface area contributed by atoms with E-state index in [0.717, 1.165) is 12.0 Å². The normalized spacial score (nSPS) is 10.6. The molecular formula is C18H24N4O3. The van der Waals surface area contributed by atoms with Crippen LogP contribution in [0.1, 0.15) is 46.8 Å². The average Bonchev–Trinajstić information content (AvgIpc) is 3.09. The molecule has 0 spiro atoms. The summed E-state index contributed by atoms with van der Waals surface area (Å²) in [7, 11) is 1.58. The maximum atomic E-state index is 12.4. The zero-order chi connectivity index (χ0) is 18.2. The van der Waals surface area contributed by atoms with Crippen molar-refractivity contribution >= 4 is 11.8 Å². The number of nitrogens with zero attached hydrogens (tertiary/aromatic N) is 1. The number of rotatable bonds is 8. The van der Waals surface area contributed by atoms with Crippen LogP contribution in [-0.4, -0.2) is 35.4 Å². The molecule has 7 heteroatoms. The van der Waals surface area contributed by atoms with Crippen LogP contribution >= 0.6 is 0 Å². The molecule has 0 radical (unpaired) electrons. The Morgan fingerprint density at radius 1 is 1.20 bits per heavy atom. The first-order valence-corrected chi connectivity index (χ1v) is 8.24. The van der Waals surface area contributed by atoms with E-state index in [-0.39, 0.29) is 23.8 Å². The van der Waals surface area contributed by atoms with Gasteiger partial charge < -0.3 is 20.4 Å². The highest BCUT2D eigenvalue weighted by molar-refractivity contribution is 6.04. The van der Waals surface area contributed by atoms with E-state index in [4.69, 9.17) is 4.74 Å². The van der Waals surface area contributed by atoms with Crippen LogP contribution in [0.2, 0.25) is 0 Å². The Labute approximate surface area is 147 Å². The van der Waals surface area contributed by atoms with E-state index in [0.29, 0.717) is 18.2 Å². The van der Waals surface area contributed by atoms with E-state index in [1.54, 1.807) is 7.11 Å². The zero-order valence-corrected chi connectivity index (χ0v) is 14.8. The number of amides is 2. The van der Waals surface area contributed by atoms with Gasteiger partial charge in [-0.1, -0.05) is 32.0 Å². The number of para-hydroxylation sites is 1. The van der Waals surface area contributed by atoms with Crippen LogP contribution in [0.15, 0.2) is 30.6 Å². The highest BCUT2D eigenvalue weighted by Crippen LogP contribution is 2.17. The summed E-state index contributed by atoms with van der Waals surface area (Å²) in [6.07, 6.45) is 2.21. The summed E-state index contributed by atoms with van der Waals surface area (Å²) in [5.41, 5.74) is 1.10. The third-order valence-electron chi connectivity index (χ3n) is 3.72. The molecule has 2 amide bonds. The average molecular weight is 344 g/mol. The summed E-state index contributed by atoms with van der Waals surface area (Å²) in [5.74, 6) is 0.434. The number of hydrogen-bond donors (Lipinski definition) is 3. The Morgan fingerprint density at radius 2 is 1.96 bits per heavy atom. The number of benzene rings is 1. The molecule has 3 N–H and O–H groups in total. The third-order valence-corrected chi connectivity index (χ3v) is 3.72. The largest absolute Gasteiger partial charge is 0.496 e. The molecule has 2 rings (SSSR count). The molecule has 25 heavy (non-hydrogen) atoms. The van der Waals surface area contributed by atoms with Crippen molar-refractivity contribution in [1.82, 2.24) is 20.6 Å². The van der Waals surface area contributed by atoms with Crippen molar-refractivity contribution in [2.24, 2.45) is 5.92 Å². The van der Waals surface area contributed by atoms with Gasteiger partial charge in [-0.2, -0.15) is 0 Å². The van der Waals surface area contributed by atoms with Crippen molar-refractivity contribution in [1.29, 1.82) is 0 Å². The molecule has 0 aliphatic carbocycles. The summed E-state index contributed by atoms with van der Waals surface area (Å²) in [6, 6.07) is 7.42. The van der Waals surface area contributed by atoms with E-state index in [9.17, 15) is 9.59 Å². The van der Waals surface area contributed by atoms with Gasteiger partial charge in [0.2, 0.25) is 0 Å². The van der Waals surface area contributed by atoms with E-state index >= 15 is 0 Å². The summed E-state index contributed by atoms with van der Waals surface area (Å²) in [6.45, 7) is 5.00. The standard InChI is InChI=1S/C18H24N4O3/c1-12(2)8-9-19-17(23)15-16(22-11-21-15)18(24)20-10-13-6-4-5-7-14(13)25-3/h4-7,11-12H,8-10H2,1-3H3,(H,19,23)(H,20,24)(H,21,22). The molecule has 2 aromatic rings. The van der Waals surface area contributed by atoms with Crippen molar-refractivity contribution in [3.63, 3.8) is 0 Å². The molecule has 7 nitrogen and oxygen atoms in total. The van der Waals surface area contributed by atoms with Gasteiger partial charge in [0.25, 0.3) is 11.8 Å². The van der Waals surface area contributed by atoms with Gasteiger partial charge in [0, 0.05) is 18.7 Å². The lowest BCUT2D eigenvalue weighted by Gasteiger charge is -2.10. The maximum Gasteiger partial charge on any atom is 0.272 e. The molecule has 1 heterocycles. The molecule has 0 aliphatic rings. The fourth-order valence-electron chi connectivity index (χ4n) is 2.31. The molecule has 1 aromatic heterocycles. The molecule has 0 bridgehead atoms. The lowest BCUT2D eigenvalue weighted by atomic mass is 10.1. The number of H-pyrrole nitrogens is 1. The predicted octanol–water partition coefficient (Wildman–Crippen LogP) is 2.12. The third kappa shape index (κ3) is 5.07. The SMILES string of the molecule is COc1ccccc1CNC(=O)c1[nH]cnc1C(=O)NCCC(C)C. The highest BCUT2D eigenvalue weighted by Gasteiger charge is 2.20. The number of imidazole rings is 1. The first kappa shape index (κ1) is 18.5. The number of aromatic amines is 1. The van der Waals surface area contributed by atoms with Crippen molar-refractivity contribution < 1.29 is 14.3 Å². The Morgan fingerprint density at radius 3 is 2.68 bits per heavy atom. The van der Waals surface area contributed by atoms with Crippen molar-refractivity contribution in [3.05, 3.63) is 47.5 Å². The van der Waals surface area contributed by atoms with E-state index < -0.39 is 5.91 Å². The van der Waals surface area contributed by atoms with Gasteiger partial charge >= 0.3 is 0 Å². The van der Waals surface area contributed by atoms with Gasteiger partial charge in [-0.25, -0.2) is 4.98 Å². The summed E-state index contributed by atoms with van der Waals surface area (Å²) < 4.78 is 5.26. The minimum atomic E-state index is -0.391. The molecule has 0 saturated heterocycles. The first-order chi connectivity index (χ1) is 12.0. The van der Waals surface area contributed by atoms with E-state index in [2.05, 4.69) is 34.4 Å². The van der Waals surface area contributed by atoms with Crippen LogP contribution in [0.3, 0.4) is 0 Å². The topological polar surface area (TPSA) is 96.1 Å². The fraction of sp³-hybridized carbons (Fsp3) is 0.389. The van der Waals surface area contributed by atoms with E-state index in [1.165, 1.54) is 6.33 Å². The highest BCUT2D eigenvalue weighted by atomic mass is 16.5. The number of aromatic nitrogens is 2. The van der Waals surface area contributed by atoms with Gasteiger partial charge in [-0.3, -0.25) is 9.59 Å². The first-order valence-electron chi connectivity index (χ1n) is 8.24. The Kier molecular flexibility index (Phi) is 6.56. The van der Waals surface area contributed by atoms with Gasteiger partial charge in [0.15, 0.2) is 5.69 Å². The van der Waals surface area contributed by atoms with Crippen molar-refractivity contribution in [3.8, 4) is 5.75 Å². The predicted molar refractivity (Wildman–Crippen MR) is 94.5 cm³/mol. The van der Waals surface area contributed by atoms with Crippen molar-refractivity contribution in [2.75, 3.05) is 13.7 Å². The number of hydrogen-bond acceptors (Lipinski definition) is 4. The molecule has 0 fully saturated rings. The van der Waals surface area contributed by atoms with Crippen LogP contribution in [0.5, 0.6) is 5.75 Å². The van der Waals surface area contributed by atoms with Crippen LogP contribution in [-0.2, 0) is 6.54 Å². The molecule has 0 saturated carbocycles. The smallest absolute Gasteiger partial charge is 0.272 e. The van der Waals surface area contributed by atoms with Gasteiger partial charge in [0.1, 0.15) is 11.4 Å². The Balaban J connectivity index is 1.98. The van der Waals surface area contributed by atoms with Gasteiger partial charge in [0.05, 0.1) is 13.4 Å². The summed E-state index contributed by atoms with van der Waals surface area (Å²) >= 11 is 0. The van der Waals surface area contributed by atoms with E-state index in [1.807, 2.05) is 24.3 Å². The van der Waals surface area contributed by atoms with Crippen LogP contribution in [0.4, 0.5) is 0 Å². The second-order valence-electron chi connectivity index (χ2n) is 6.06. The van der Waals surface area contributed by atoms with Gasteiger partial charge in [-0.05, 0) is 18.4 Å². The summed E-state index contributed by atoms with van der Waals surface area (Å²) in [5, 5.41) is 5.56. The molecular weight excluding hydrogens is 320 g/mol. The quantitative estimate of drug-likeness (QED) is 0.683. The van der Waals surface area contributed by atoms with Crippen LogP contribution in [0.25, 0.3) is 0 Å². The minimum Gasteiger partial charge on any atom is -0.496 e. The fourth-order valence-corrected chi connectivity index (χ4v) is 2.31. The zero-order valence-electron chi connectivity index (χ0n) is 14.8. The van der Waals surface area contributed by atoms with Crippen LogP contribution < -0.4 is 15.4 Å². The summed E-state index contributed by atoms with van der Waals surface area (Å²) in [4.78, 5) is 31.3. The Bertz CT molecular complexity index is 725. The number of carbonyl (C=O) groups is 2. The van der Waals surface area contributed by atoms with Crippen LogP contribution in [0, 0.1) is 5.92 Å². The monoisotopic (exact) mass is 344 g/mol. The van der Waals surface area contributed by atoms with Crippen molar-refractivity contribution in [2.45, 2.75) is 26.8 Å². The number of nitrogens with one attached hydrogen (secondary N) is 3. The molecule has 1 aromatic carbocycles. The number of methoxy groups -OCH3 is 1. The number of carbonyl (C=O) groups excluding carboxylic acids is 2. The molecule has 0 aliphatic heterocycles.